The summed E-state index contributed by atoms with van der Waals surface area (Å²) in [5, 5.41) is 0. The van der Waals surface area contributed by atoms with E-state index in [-0.39, 0.29) is 11.5 Å². The molecule has 0 heterocycles. The van der Waals surface area contributed by atoms with E-state index in [0.29, 0.717) is 5.69 Å². The van der Waals surface area contributed by atoms with Crippen LogP contribution in [0.4, 0.5) is 18.9 Å². The number of para-hydroxylation sites is 2. The number of benzene rings is 2. The van der Waals surface area contributed by atoms with Crippen molar-refractivity contribution in [3.63, 3.8) is 0 Å². The lowest BCUT2D eigenvalue weighted by Crippen LogP contribution is -2.07. The van der Waals surface area contributed by atoms with Crippen molar-refractivity contribution in [3.05, 3.63) is 53.6 Å². The summed E-state index contributed by atoms with van der Waals surface area (Å²) >= 11 is 0. The standard InChI is InChI=1S/C14H12F3NO/c1-9-5-4-8-12(13(9)18)19-11-7-3-2-6-10(11)14(15,16)17/h2-8H,18H2,1H3. The minimum absolute atomic E-state index is 0.219. The van der Waals surface area contributed by atoms with Crippen LogP contribution in [0.5, 0.6) is 11.5 Å². The second-order valence-electron chi connectivity index (χ2n) is 4.08. The zero-order valence-corrected chi connectivity index (χ0v) is 10.2. The molecule has 2 nitrogen and oxygen atoms in total. The fourth-order valence-electron chi connectivity index (χ4n) is 1.65. The highest BCUT2D eigenvalue weighted by atomic mass is 19.4. The molecule has 0 fully saturated rings. The van der Waals surface area contributed by atoms with Gasteiger partial charge in [-0.25, -0.2) is 0 Å². The molecule has 0 amide bonds. The summed E-state index contributed by atoms with van der Waals surface area (Å²) in [6, 6.07) is 10.0. The normalized spacial score (nSPS) is 11.4. The maximum absolute atomic E-state index is 12.8. The van der Waals surface area contributed by atoms with Crippen molar-refractivity contribution in [3.8, 4) is 11.5 Å². The maximum Gasteiger partial charge on any atom is 0.419 e. The second-order valence-corrected chi connectivity index (χ2v) is 4.08. The Morgan fingerprint density at radius 2 is 1.58 bits per heavy atom. The molecule has 19 heavy (non-hydrogen) atoms. The first-order valence-corrected chi connectivity index (χ1v) is 5.59. The third kappa shape index (κ3) is 2.81. The van der Waals surface area contributed by atoms with Crippen LogP contribution in [0, 0.1) is 6.92 Å². The zero-order chi connectivity index (χ0) is 14.0. The molecule has 0 spiro atoms. The van der Waals surface area contributed by atoms with Crippen molar-refractivity contribution in [2.75, 3.05) is 5.73 Å². The molecular weight excluding hydrogens is 255 g/mol. The average molecular weight is 267 g/mol. The van der Waals surface area contributed by atoms with Gasteiger partial charge in [0.25, 0.3) is 0 Å². The van der Waals surface area contributed by atoms with E-state index in [9.17, 15) is 13.2 Å². The molecule has 0 saturated heterocycles. The van der Waals surface area contributed by atoms with Gasteiger partial charge in [0.15, 0.2) is 5.75 Å². The van der Waals surface area contributed by atoms with Crippen molar-refractivity contribution >= 4 is 5.69 Å². The van der Waals surface area contributed by atoms with Crippen LogP contribution >= 0.6 is 0 Å². The van der Waals surface area contributed by atoms with Gasteiger partial charge in [0.1, 0.15) is 5.75 Å². The van der Waals surface area contributed by atoms with Crippen LogP contribution in [-0.4, -0.2) is 0 Å². The Hall–Kier alpha value is -2.17. The Balaban J connectivity index is 2.42. The quantitative estimate of drug-likeness (QED) is 0.819. The maximum atomic E-state index is 12.8. The van der Waals surface area contributed by atoms with Gasteiger partial charge in [-0.3, -0.25) is 0 Å². The summed E-state index contributed by atoms with van der Waals surface area (Å²) in [4.78, 5) is 0. The Morgan fingerprint density at radius 1 is 0.947 bits per heavy atom. The number of anilines is 1. The minimum Gasteiger partial charge on any atom is -0.455 e. The highest BCUT2D eigenvalue weighted by molar-refractivity contribution is 5.59. The number of hydrogen-bond acceptors (Lipinski definition) is 2. The number of nitrogens with two attached hydrogens (primary N) is 1. The molecule has 0 aliphatic rings. The SMILES string of the molecule is Cc1cccc(Oc2ccccc2C(F)(F)F)c1N. The number of rotatable bonds is 2. The molecule has 0 bridgehead atoms. The van der Waals surface area contributed by atoms with Gasteiger partial charge in [0, 0.05) is 0 Å². The summed E-state index contributed by atoms with van der Waals surface area (Å²) in [5.74, 6) is -0.0380. The Labute approximate surface area is 108 Å². The molecule has 0 atom stereocenters. The average Bonchev–Trinajstić information content (AvgIpc) is 2.34. The van der Waals surface area contributed by atoms with Crippen molar-refractivity contribution < 1.29 is 17.9 Å². The van der Waals surface area contributed by atoms with Crippen LogP contribution in [0.1, 0.15) is 11.1 Å². The summed E-state index contributed by atoms with van der Waals surface area (Å²) in [6.07, 6.45) is -4.46. The highest BCUT2D eigenvalue weighted by Gasteiger charge is 2.34. The van der Waals surface area contributed by atoms with Crippen molar-refractivity contribution in [2.24, 2.45) is 0 Å². The Morgan fingerprint density at radius 3 is 2.26 bits per heavy atom. The van der Waals surface area contributed by atoms with Gasteiger partial charge in [0.2, 0.25) is 0 Å². The van der Waals surface area contributed by atoms with Gasteiger partial charge in [-0.2, -0.15) is 13.2 Å². The van der Waals surface area contributed by atoms with E-state index in [4.69, 9.17) is 10.5 Å². The summed E-state index contributed by atoms with van der Waals surface area (Å²) in [6.45, 7) is 1.76. The van der Waals surface area contributed by atoms with Gasteiger partial charge in [-0.1, -0.05) is 24.3 Å². The van der Waals surface area contributed by atoms with Gasteiger partial charge >= 0.3 is 6.18 Å². The van der Waals surface area contributed by atoms with Crippen LogP contribution in [0.15, 0.2) is 42.5 Å². The summed E-state index contributed by atoms with van der Waals surface area (Å²) in [7, 11) is 0. The molecule has 2 aromatic rings. The first-order chi connectivity index (χ1) is 8.89. The lowest BCUT2D eigenvalue weighted by molar-refractivity contribution is -0.138. The smallest absolute Gasteiger partial charge is 0.419 e. The van der Waals surface area contributed by atoms with Gasteiger partial charge in [-0.05, 0) is 30.7 Å². The van der Waals surface area contributed by atoms with E-state index in [0.717, 1.165) is 11.6 Å². The van der Waals surface area contributed by atoms with E-state index in [2.05, 4.69) is 0 Å². The molecule has 5 heteroatoms. The number of hydrogen-bond donors (Lipinski definition) is 1. The molecule has 0 unspecified atom stereocenters. The predicted molar refractivity (Wildman–Crippen MR) is 67.1 cm³/mol. The number of halogens is 3. The predicted octanol–water partition coefficient (Wildman–Crippen LogP) is 4.39. The molecule has 0 aromatic heterocycles. The molecule has 2 aromatic carbocycles. The largest absolute Gasteiger partial charge is 0.455 e. The van der Waals surface area contributed by atoms with Gasteiger partial charge < -0.3 is 10.5 Å². The Kier molecular flexibility index (Phi) is 3.38. The van der Waals surface area contributed by atoms with E-state index in [1.165, 1.54) is 24.3 Å². The lowest BCUT2D eigenvalue weighted by atomic mass is 10.1. The third-order valence-electron chi connectivity index (χ3n) is 2.70. The first-order valence-electron chi connectivity index (χ1n) is 5.59. The molecule has 100 valence electrons. The number of nitrogen functional groups attached to an aromatic ring is 1. The summed E-state index contributed by atoms with van der Waals surface area (Å²) < 4.78 is 43.8. The molecule has 2 N–H and O–H groups in total. The fourth-order valence-corrected chi connectivity index (χ4v) is 1.65. The topological polar surface area (TPSA) is 35.2 Å². The highest BCUT2D eigenvalue weighted by Crippen LogP contribution is 2.39. The van der Waals surface area contributed by atoms with Crippen molar-refractivity contribution in [1.82, 2.24) is 0 Å². The van der Waals surface area contributed by atoms with Crippen LogP contribution in [0.3, 0.4) is 0 Å². The van der Waals surface area contributed by atoms with Gasteiger partial charge in [0.05, 0.1) is 11.3 Å². The number of ether oxygens (including phenoxy) is 1. The van der Waals surface area contributed by atoms with Crippen molar-refractivity contribution in [2.45, 2.75) is 13.1 Å². The summed E-state index contributed by atoms with van der Waals surface area (Å²) in [5.41, 5.74) is 6.04. The van der Waals surface area contributed by atoms with Crippen LogP contribution in [-0.2, 0) is 6.18 Å². The lowest BCUT2D eigenvalue weighted by Gasteiger charge is -2.15. The zero-order valence-electron chi connectivity index (χ0n) is 10.2. The molecule has 0 radical (unpaired) electrons. The molecule has 0 saturated carbocycles. The van der Waals surface area contributed by atoms with E-state index >= 15 is 0 Å². The van der Waals surface area contributed by atoms with Crippen LogP contribution < -0.4 is 10.5 Å². The number of alkyl halides is 3. The molecule has 0 aliphatic carbocycles. The third-order valence-corrected chi connectivity index (χ3v) is 2.70. The van der Waals surface area contributed by atoms with E-state index in [1.54, 1.807) is 19.1 Å². The van der Waals surface area contributed by atoms with Gasteiger partial charge in [-0.15, -0.1) is 0 Å². The fraction of sp³-hybridized carbons (Fsp3) is 0.143. The first kappa shape index (κ1) is 13.3. The molecular formula is C14H12F3NO. The van der Waals surface area contributed by atoms with E-state index in [1.807, 2.05) is 0 Å². The number of aryl methyl sites for hydroxylation is 1. The van der Waals surface area contributed by atoms with Crippen molar-refractivity contribution in [1.29, 1.82) is 0 Å². The molecule has 0 aliphatic heterocycles. The monoisotopic (exact) mass is 267 g/mol. The van der Waals surface area contributed by atoms with Crippen LogP contribution in [0.25, 0.3) is 0 Å². The Bertz CT molecular complexity index is 593. The minimum atomic E-state index is -4.46. The molecule has 2 rings (SSSR count). The van der Waals surface area contributed by atoms with Crippen LogP contribution in [0.2, 0.25) is 0 Å². The van der Waals surface area contributed by atoms with E-state index < -0.39 is 11.7 Å². The second kappa shape index (κ2) is 4.84.